The van der Waals surface area contributed by atoms with Crippen molar-refractivity contribution in [1.29, 1.82) is 0 Å². The number of nitrogens with zero attached hydrogens (tertiary/aromatic N) is 2. The van der Waals surface area contributed by atoms with E-state index in [1.807, 2.05) is 6.07 Å². The number of halogens is 1. The predicted molar refractivity (Wildman–Crippen MR) is 165 cm³/mol. The van der Waals surface area contributed by atoms with Gasteiger partial charge in [0.25, 0.3) is 5.69 Å². The van der Waals surface area contributed by atoms with Crippen LogP contribution in [0.1, 0.15) is 83.8 Å². The molecule has 0 radical (unpaired) electrons. The van der Waals surface area contributed by atoms with E-state index >= 15 is 0 Å². The normalized spacial score (nSPS) is 19.7. The van der Waals surface area contributed by atoms with Crippen molar-refractivity contribution in [2.75, 3.05) is 13.7 Å². The average Bonchev–Trinajstić information content (AvgIpc) is 2.91. The maximum Gasteiger partial charge on any atom is 0.269 e. The van der Waals surface area contributed by atoms with Gasteiger partial charge >= 0.3 is 0 Å². The Morgan fingerprint density at radius 2 is 1.58 bits per heavy atom. The Bertz CT molecular complexity index is 1520. The summed E-state index contributed by atoms with van der Waals surface area (Å²) in [4.78, 5) is 41.0. The van der Waals surface area contributed by atoms with E-state index < -0.39 is 10.8 Å². The van der Waals surface area contributed by atoms with E-state index in [0.29, 0.717) is 46.6 Å². The molecular formula is C34H39ClN2O6. The van der Waals surface area contributed by atoms with Crippen LogP contribution in [0.15, 0.2) is 58.9 Å². The number of non-ortho nitro benzene ring substituents is 1. The van der Waals surface area contributed by atoms with Gasteiger partial charge in [-0.2, -0.15) is 0 Å². The van der Waals surface area contributed by atoms with Crippen molar-refractivity contribution >= 4 is 28.9 Å². The molecule has 0 atom stereocenters. The largest absolute Gasteiger partial charge is 0.493 e. The molecule has 0 amide bonds. The summed E-state index contributed by atoms with van der Waals surface area (Å²) in [5.41, 5.74) is 4.29. The molecule has 0 unspecified atom stereocenters. The first kappa shape index (κ1) is 30.8. The van der Waals surface area contributed by atoms with E-state index in [-0.39, 0.29) is 39.7 Å². The highest BCUT2D eigenvalue weighted by atomic mass is 35.5. The molecule has 228 valence electrons. The fourth-order valence-corrected chi connectivity index (χ4v) is 7.11. The third-order valence-electron chi connectivity index (χ3n) is 8.56. The van der Waals surface area contributed by atoms with Crippen molar-refractivity contribution in [3.63, 3.8) is 0 Å². The van der Waals surface area contributed by atoms with Gasteiger partial charge in [-0.25, -0.2) is 0 Å². The van der Waals surface area contributed by atoms with Crippen LogP contribution >= 0.6 is 11.6 Å². The summed E-state index contributed by atoms with van der Waals surface area (Å²) in [6, 6.07) is 9.79. The van der Waals surface area contributed by atoms with Crippen LogP contribution < -0.4 is 9.47 Å². The number of carbonyl (C=O) groups excluding carboxylic acids is 2. The van der Waals surface area contributed by atoms with Crippen LogP contribution in [-0.2, 0) is 16.2 Å². The molecule has 2 aliphatic carbocycles. The molecule has 0 saturated carbocycles. The van der Waals surface area contributed by atoms with Gasteiger partial charge in [0.05, 0.1) is 17.1 Å². The topological polar surface area (TPSA) is 99.0 Å². The van der Waals surface area contributed by atoms with Crippen LogP contribution in [0.4, 0.5) is 5.69 Å². The maximum atomic E-state index is 14.0. The lowest BCUT2D eigenvalue weighted by Crippen LogP contribution is -2.44. The molecule has 0 saturated heterocycles. The zero-order valence-electron chi connectivity index (χ0n) is 25.7. The molecule has 5 rings (SSSR count). The van der Waals surface area contributed by atoms with Crippen LogP contribution in [0.2, 0.25) is 5.02 Å². The van der Waals surface area contributed by atoms with E-state index in [4.69, 9.17) is 21.1 Å². The number of hydrogen-bond donors (Lipinski definition) is 0. The van der Waals surface area contributed by atoms with Crippen molar-refractivity contribution in [2.45, 2.75) is 79.2 Å². The van der Waals surface area contributed by atoms with Gasteiger partial charge in [0, 0.05) is 60.0 Å². The number of nitro benzene ring substituents is 1. The number of benzene rings is 2. The number of hydrogen-bond acceptors (Lipinski definition) is 7. The summed E-state index contributed by atoms with van der Waals surface area (Å²) in [6.07, 6.45) is 3.17. The van der Waals surface area contributed by atoms with Crippen molar-refractivity contribution in [1.82, 2.24) is 4.90 Å². The van der Waals surface area contributed by atoms with E-state index in [1.165, 1.54) is 19.2 Å². The Labute approximate surface area is 257 Å². The van der Waals surface area contributed by atoms with E-state index in [2.05, 4.69) is 39.5 Å². The van der Waals surface area contributed by atoms with E-state index in [1.54, 1.807) is 18.2 Å². The van der Waals surface area contributed by atoms with Gasteiger partial charge in [-0.15, -0.1) is 0 Å². The molecule has 0 bridgehead atoms. The van der Waals surface area contributed by atoms with Crippen molar-refractivity contribution < 1.29 is 24.0 Å². The average molecular weight is 607 g/mol. The minimum Gasteiger partial charge on any atom is -0.493 e. The summed E-state index contributed by atoms with van der Waals surface area (Å²) in [6.45, 7) is 11.4. The second-order valence-corrected chi connectivity index (χ2v) is 13.8. The second kappa shape index (κ2) is 11.5. The van der Waals surface area contributed by atoms with E-state index in [0.717, 1.165) is 37.2 Å². The third kappa shape index (κ3) is 5.94. The lowest BCUT2D eigenvalue weighted by molar-refractivity contribution is -0.384. The molecule has 2 aromatic carbocycles. The molecule has 1 aliphatic heterocycles. The molecule has 3 aliphatic rings. The minimum atomic E-state index is -0.553. The Balaban J connectivity index is 1.63. The van der Waals surface area contributed by atoms with Crippen LogP contribution in [0.3, 0.4) is 0 Å². The standard InChI is InChI=1S/C34H39ClN2O6/c1-7-11-36-24-15-33(2,3)17-26(38)30(24)29(31-25(36)16-34(4,5)18-27(31)39)21-13-23(35)32(28(14-21)42-6)43-19-20-9-8-10-22(12-20)37(40)41/h8-10,12-14,29H,7,11,15-19H2,1-6H3. The first-order valence-electron chi connectivity index (χ1n) is 14.8. The minimum absolute atomic E-state index is 0.0299. The van der Waals surface area contributed by atoms with Crippen molar-refractivity contribution in [2.24, 2.45) is 10.8 Å². The van der Waals surface area contributed by atoms with Crippen LogP contribution in [0.5, 0.6) is 11.5 Å². The number of methoxy groups -OCH3 is 1. The number of ether oxygens (including phenoxy) is 2. The van der Waals surface area contributed by atoms with Gasteiger partial charge in [-0.1, -0.05) is 58.4 Å². The fraction of sp³-hybridized carbons (Fsp3) is 0.471. The molecule has 0 fully saturated rings. The zero-order valence-corrected chi connectivity index (χ0v) is 26.5. The highest BCUT2D eigenvalue weighted by molar-refractivity contribution is 6.32. The van der Waals surface area contributed by atoms with Crippen LogP contribution in [0, 0.1) is 20.9 Å². The van der Waals surface area contributed by atoms with Gasteiger partial charge in [0.2, 0.25) is 0 Å². The molecule has 1 heterocycles. The van der Waals surface area contributed by atoms with Crippen LogP contribution in [-0.4, -0.2) is 35.0 Å². The number of carbonyl (C=O) groups is 2. The highest BCUT2D eigenvalue weighted by Gasteiger charge is 2.49. The highest BCUT2D eigenvalue weighted by Crippen LogP contribution is 2.55. The Morgan fingerprint density at radius 3 is 2.12 bits per heavy atom. The third-order valence-corrected chi connectivity index (χ3v) is 8.84. The number of nitro groups is 1. The predicted octanol–water partition coefficient (Wildman–Crippen LogP) is 7.93. The fourth-order valence-electron chi connectivity index (χ4n) is 6.84. The van der Waals surface area contributed by atoms with Gasteiger partial charge in [0.1, 0.15) is 6.61 Å². The first-order valence-corrected chi connectivity index (χ1v) is 15.2. The molecule has 0 spiro atoms. The molecule has 9 heteroatoms. The van der Waals surface area contributed by atoms with Crippen molar-refractivity contribution in [3.05, 3.63) is 85.2 Å². The number of ketones is 2. The Kier molecular flexibility index (Phi) is 8.20. The van der Waals surface area contributed by atoms with Crippen molar-refractivity contribution in [3.8, 4) is 11.5 Å². The smallest absolute Gasteiger partial charge is 0.269 e. The number of Topliss-reactive ketones (excluding diaryl/α,β-unsaturated/α-hetero) is 2. The Hall–Kier alpha value is -3.65. The molecule has 2 aromatic rings. The van der Waals surface area contributed by atoms with Gasteiger partial charge < -0.3 is 14.4 Å². The summed E-state index contributed by atoms with van der Waals surface area (Å²) < 4.78 is 11.8. The van der Waals surface area contributed by atoms with Gasteiger partial charge in [-0.05, 0) is 53.4 Å². The second-order valence-electron chi connectivity index (χ2n) is 13.4. The lowest BCUT2D eigenvalue weighted by Gasteiger charge is -2.49. The number of rotatable bonds is 8. The summed E-state index contributed by atoms with van der Waals surface area (Å²) in [7, 11) is 1.51. The lowest BCUT2D eigenvalue weighted by atomic mass is 9.63. The van der Waals surface area contributed by atoms with Gasteiger partial charge in [-0.3, -0.25) is 19.7 Å². The Morgan fingerprint density at radius 1 is 0.977 bits per heavy atom. The number of allylic oxidation sites excluding steroid dienone is 4. The van der Waals surface area contributed by atoms with Crippen LogP contribution in [0.25, 0.3) is 0 Å². The maximum absolute atomic E-state index is 14.0. The monoisotopic (exact) mass is 606 g/mol. The summed E-state index contributed by atoms with van der Waals surface area (Å²) in [5, 5.41) is 11.5. The summed E-state index contributed by atoms with van der Waals surface area (Å²) >= 11 is 6.85. The molecule has 8 nitrogen and oxygen atoms in total. The van der Waals surface area contributed by atoms with Gasteiger partial charge in [0.15, 0.2) is 23.1 Å². The quantitative estimate of drug-likeness (QED) is 0.222. The molecule has 0 aromatic heterocycles. The zero-order chi connectivity index (χ0) is 31.3. The van der Waals surface area contributed by atoms with E-state index in [9.17, 15) is 19.7 Å². The first-order chi connectivity index (χ1) is 20.2. The SMILES string of the molecule is CCCN1C2=C(C(=O)CC(C)(C)C2)C(c2cc(Cl)c(OCc3cccc([N+](=O)[O-])c3)c(OC)c2)C2=C1CC(C)(C)CC2=O. The molecule has 43 heavy (non-hydrogen) atoms. The molecule has 0 N–H and O–H groups in total. The molecular weight excluding hydrogens is 568 g/mol. The summed E-state index contributed by atoms with van der Waals surface area (Å²) in [5.74, 6) is 0.214.